The summed E-state index contributed by atoms with van der Waals surface area (Å²) in [5, 5.41) is 0.716. The molecule has 0 saturated heterocycles. The number of sulfonamides is 1. The van der Waals surface area contributed by atoms with Crippen LogP contribution in [0.15, 0.2) is 50.4 Å². The van der Waals surface area contributed by atoms with E-state index in [4.69, 9.17) is 0 Å². The highest BCUT2D eigenvalue weighted by Gasteiger charge is 2.27. The normalized spacial score (nSPS) is 12.2. The third-order valence-corrected chi connectivity index (χ3v) is 9.03. The van der Waals surface area contributed by atoms with Gasteiger partial charge in [-0.25, -0.2) is 13.2 Å². The number of benzene rings is 1. The molecule has 10 heteroatoms. The van der Waals surface area contributed by atoms with Crippen LogP contribution >= 0.6 is 23.1 Å². The van der Waals surface area contributed by atoms with E-state index in [9.17, 15) is 13.2 Å². The lowest BCUT2D eigenvalue weighted by Gasteiger charge is -2.16. The Morgan fingerprint density at radius 3 is 2.69 bits per heavy atom. The van der Waals surface area contributed by atoms with Crippen molar-refractivity contribution in [3.8, 4) is 5.69 Å². The molecule has 0 atom stereocenters. The Morgan fingerprint density at radius 1 is 1.19 bits per heavy atom. The number of anilines is 1. The third-order valence-electron chi connectivity index (χ3n) is 5.18. The van der Waals surface area contributed by atoms with Crippen LogP contribution in [-0.2, 0) is 10.0 Å². The molecular formula is C22H24N4O3S3. The maximum absolute atomic E-state index is 13.3. The van der Waals surface area contributed by atoms with E-state index in [-0.39, 0.29) is 10.7 Å². The Balaban J connectivity index is 1.81. The van der Waals surface area contributed by atoms with Crippen LogP contribution in [0.25, 0.3) is 16.6 Å². The van der Waals surface area contributed by atoms with E-state index in [1.165, 1.54) is 10.6 Å². The number of nitrogens with one attached hydrogen (secondary N) is 1. The van der Waals surface area contributed by atoms with Crippen molar-refractivity contribution in [3.63, 3.8) is 0 Å². The predicted octanol–water partition coefficient (Wildman–Crippen LogP) is 4.84. The van der Waals surface area contributed by atoms with Crippen molar-refractivity contribution in [1.82, 2.24) is 14.5 Å². The van der Waals surface area contributed by atoms with E-state index in [1.54, 1.807) is 53.6 Å². The highest BCUT2D eigenvalue weighted by atomic mass is 32.2. The Morgan fingerprint density at radius 2 is 1.94 bits per heavy atom. The van der Waals surface area contributed by atoms with Crippen molar-refractivity contribution in [3.05, 3.63) is 57.6 Å². The molecule has 0 unspecified atom stereocenters. The van der Waals surface area contributed by atoms with Gasteiger partial charge in [0, 0.05) is 22.2 Å². The van der Waals surface area contributed by atoms with Gasteiger partial charge in [-0.1, -0.05) is 32.0 Å². The van der Waals surface area contributed by atoms with Crippen molar-refractivity contribution in [2.75, 3.05) is 10.5 Å². The molecular weight excluding hydrogens is 464 g/mol. The average Bonchev–Trinajstić information content (AvgIpc) is 3.06. The minimum Gasteiger partial charge on any atom is -0.261 e. The number of rotatable bonds is 7. The number of thioether (sulfide) groups is 1. The number of nitrogens with zero attached hydrogens (tertiary/aromatic N) is 3. The SMILES string of the molecule is Cc1sc(SCCC(C)C)c2c(NS(=O)(=O)c3cccc4cccnc34)nc(=O)n-2c1C. The molecule has 32 heavy (non-hydrogen) atoms. The summed E-state index contributed by atoms with van der Waals surface area (Å²) >= 11 is 3.18. The lowest BCUT2D eigenvalue weighted by atomic mass is 10.2. The van der Waals surface area contributed by atoms with Crippen LogP contribution in [0.1, 0.15) is 30.8 Å². The smallest absolute Gasteiger partial charge is 0.261 e. The molecule has 0 bridgehead atoms. The van der Waals surface area contributed by atoms with E-state index in [2.05, 4.69) is 28.5 Å². The van der Waals surface area contributed by atoms with Crippen LogP contribution in [0.4, 0.5) is 5.82 Å². The summed E-state index contributed by atoms with van der Waals surface area (Å²) in [7, 11) is -4.02. The maximum atomic E-state index is 13.3. The minimum absolute atomic E-state index is 0.0470. The highest BCUT2D eigenvalue weighted by Crippen LogP contribution is 2.39. The second-order valence-electron chi connectivity index (χ2n) is 7.93. The fourth-order valence-electron chi connectivity index (χ4n) is 3.35. The first-order valence-corrected chi connectivity index (χ1v) is 13.5. The summed E-state index contributed by atoms with van der Waals surface area (Å²) in [6, 6.07) is 8.54. The third kappa shape index (κ3) is 4.26. The average molecular weight is 489 g/mol. The van der Waals surface area contributed by atoms with Gasteiger partial charge in [-0.2, -0.15) is 4.98 Å². The molecule has 0 aliphatic carbocycles. The largest absolute Gasteiger partial charge is 0.354 e. The van der Waals surface area contributed by atoms with Gasteiger partial charge < -0.3 is 0 Å². The Bertz CT molecular complexity index is 1420. The zero-order valence-electron chi connectivity index (χ0n) is 18.2. The standard InChI is InChI=1S/C22H24N4O3S3/c1-13(2)10-12-30-21-19-20(24-22(27)26(19)14(3)15(4)31-21)25-32(28,29)17-9-5-7-16-8-6-11-23-18(16)17/h5-9,11,13H,10,12H2,1-4H3,(H,24,25,27). The maximum Gasteiger partial charge on any atom is 0.354 e. The van der Waals surface area contributed by atoms with Crippen LogP contribution in [0.5, 0.6) is 0 Å². The molecule has 168 valence electrons. The molecule has 0 spiro atoms. The van der Waals surface area contributed by atoms with Crippen LogP contribution in [0.2, 0.25) is 0 Å². The zero-order chi connectivity index (χ0) is 23.0. The highest BCUT2D eigenvalue weighted by molar-refractivity contribution is 8.01. The molecule has 0 fully saturated rings. The molecule has 0 saturated carbocycles. The lowest BCUT2D eigenvalue weighted by molar-refractivity contribution is 0.601. The van der Waals surface area contributed by atoms with E-state index in [1.807, 2.05) is 13.8 Å². The molecule has 2 aliphatic heterocycles. The first-order chi connectivity index (χ1) is 15.2. The van der Waals surface area contributed by atoms with E-state index < -0.39 is 15.7 Å². The van der Waals surface area contributed by atoms with Crippen molar-refractivity contribution in [2.24, 2.45) is 5.92 Å². The zero-order valence-corrected chi connectivity index (χ0v) is 20.7. The first-order valence-electron chi connectivity index (χ1n) is 10.2. The van der Waals surface area contributed by atoms with Gasteiger partial charge in [-0.3, -0.25) is 14.3 Å². The van der Waals surface area contributed by atoms with Gasteiger partial charge in [0.2, 0.25) is 0 Å². The molecule has 1 aromatic carbocycles. The molecule has 0 radical (unpaired) electrons. The number of aryl methyl sites for hydroxylation is 1. The topological polar surface area (TPSA) is 94.0 Å². The Kier molecular flexibility index (Phi) is 6.28. The number of imidazole rings is 1. The Hall–Kier alpha value is -2.43. The fourth-order valence-corrected chi connectivity index (χ4v) is 7.30. The second kappa shape index (κ2) is 8.84. The molecule has 3 heterocycles. The number of fused-ring (bicyclic) bond motifs is 2. The summed E-state index contributed by atoms with van der Waals surface area (Å²) in [4.78, 5) is 22.1. The number of aromatic nitrogens is 3. The minimum atomic E-state index is -4.02. The second-order valence-corrected chi connectivity index (χ2v) is 12.2. The van der Waals surface area contributed by atoms with Gasteiger partial charge in [-0.15, -0.1) is 23.1 Å². The molecule has 2 aliphatic rings. The monoisotopic (exact) mass is 488 g/mol. The molecule has 4 rings (SSSR count). The van der Waals surface area contributed by atoms with E-state index in [0.717, 1.165) is 27.0 Å². The molecule has 1 aromatic heterocycles. The Labute approximate surface area is 195 Å². The number of hydrogen-bond donors (Lipinski definition) is 1. The molecule has 7 nitrogen and oxygen atoms in total. The quantitative estimate of drug-likeness (QED) is 0.374. The van der Waals surface area contributed by atoms with Gasteiger partial charge in [0.15, 0.2) is 5.82 Å². The summed E-state index contributed by atoms with van der Waals surface area (Å²) in [6.07, 6.45) is 2.57. The van der Waals surface area contributed by atoms with Gasteiger partial charge in [0.05, 0.1) is 9.73 Å². The predicted molar refractivity (Wildman–Crippen MR) is 131 cm³/mol. The summed E-state index contributed by atoms with van der Waals surface area (Å²) in [5.41, 5.74) is 1.14. The summed E-state index contributed by atoms with van der Waals surface area (Å²) < 4.78 is 31.6. The van der Waals surface area contributed by atoms with Crippen LogP contribution < -0.4 is 10.4 Å². The van der Waals surface area contributed by atoms with Gasteiger partial charge >= 0.3 is 5.69 Å². The van der Waals surface area contributed by atoms with E-state index in [0.29, 0.717) is 22.5 Å². The van der Waals surface area contributed by atoms with Crippen molar-refractivity contribution in [1.29, 1.82) is 0 Å². The molecule has 0 amide bonds. The molecule has 1 N–H and O–H groups in total. The van der Waals surface area contributed by atoms with Crippen molar-refractivity contribution < 1.29 is 8.42 Å². The number of hydrogen-bond acceptors (Lipinski definition) is 7. The van der Waals surface area contributed by atoms with Crippen LogP contribution in [-0.4, -0.2) is 28.7 Å². The van der Waals surface area contributed by atoms with Crippen molar-refractivity contribution >= 4 is 49.8 Å². The van der Waals surface area contributed by atoms with E-state index >= 15 is 0 Å². The summed E-state index contributed by atoms with van der Waals surface area (Å²) in [6.45, 7) is 8.12. The lowest BCUT2D eigenvalue weighted by Crippen LogP contribution is -2.17. The number of para-hydroxylation sites is 1. The van der Waals surface area contributed by atoms with Crippen molar-refractivity contribution in [2.45, 2.75) is 43.2 Å². The number of pyridine rings is 1. The fraction of sp³-hybridized carbons (Fsp3) is 0.318. The van der Waals surface area contributed by atoms with Gasteiger partial charge in [0.25, 0.3) is 10.0 Å². The van der Waals surface area contributed by atoms with Crippen LogP contribution in [0.3, 0.4) is 0 Å². The van der Waals surface area contributed by atoms with Gasteiger partial charge in [0.1, 0.15) is 10.6 Å². The first kappa shape index (κ1) is 22.8. The summed E-state index contributed by atoms with van der Waals surface area (Å²) in [5.74, 6) is 1.46. The van der Waals surface area contributed by atoms with Crippen LogP contribution in [0, 0.1) is 19.8 Å². The molecule has 2 aromatic rings. The van der Waals surface area contributed by atoms with Gasteiger partial charge in [-0.05, 0) is 44.1 Å².